The van der Waals surface area contributed by atoms with Crippen LogP contribution in [-0.4, -0.2) is 56.1 Å². The van der Waals surface area contributed by atoms with Crippen LogP contribution < -0.4 is 5.32 Å². The number of hydrogen-bond donors (Lipinski definition) is 1. The van der Waals surface area contributed by atoms with Crippen LogP contribution in [0.25, 0.3) is 0 Å². The Morgan fingerprint density at radius 2 is 1.94 bits per heavy atom. The highest BCUT2D eigenvalue weighted by atomic mass is 16.2. The van der Waals surface area contributed by atoms with E-state index in [2.05, 4.69) is 24.1 Å². The zero-order chi connectivity index (χ0) is 13.5. The molecule has 0 aliphatic carbocycles. The van der Waals surface area contributed by atoms with Gasteiger partial charge in [0.2, 0.25) is 0 Å². The molecule has 0 aromatic rings. The Bertz CT molecular complexity index is 245. The van der Waals surface area contributed by atoms with Crippen LogP contribution in [-0.2, 0) is 0 Å². The van der Waals surface area contributed by atoms with Gasteiger partial charge in [0.15, 0.2) is 0 Å². The molecule has 1 heterocycles. The zero-order valence-corrected chi connectivity index (χ0v) is 12.4. The molecule has 18 heavy (non-hydrogen) atoms. The van der Waals surface area contributed by atoms with Crippen LogP contribution in [0.15, 0.2) is 0 Å². The average Bonchev–Trinajstić information content (AvgIpc) is 2.28. The number of nitrogens with one attached hydrogen (secondary N) is 1. The Labute approximate surface area is 112 Å². The predicted molar refractivity (Wildman–Crippen MR) is 75.7 cm³/mol. The molecule has 4 nitrogen and oxygen atoms in total. The molecule has 1 fully saturated rings. The molecule has 0 atom stereocenters. The molecular formula is C14H29N3O. The molecule has 0 saturated carbocycles. The molecule has 0 spiro atoms. The van der Waals surface area contributed by atoms with Crippen LogP contribution in [0.2, 0.25) is 0 Å². The normalized spacial score (nSPS) is 17.6. The van der Waals surface area contributed by atoms with Gasteiger partial charge in [-0.1, -0.05) is 13.8 Å². The standard InChI is InChI=1S/C14H29N3O/c1-12(2)11-13-5-8-17(9-6-13)14(18)15-7-10-16(3)4/h12-13H,5-11H2,1-4H3,(H,15,18). The first-order valence-electron chi connectivity index (χ1n) is 7.16. The van der Waals surface area contributed by atoms with Crippen molar-refractivity contribution in [3.05, 3.63) is 0 Å². The lowest BCUT2D eigenvalue weighted by Crippen LogP contribution is -2.46. The second-order valence-corrected chi connectivity index (χ2v) is 6.10. The van der Waals surface area contributed by atoms with Crippen LogP contribution in [0.1, 0.15) is 33.1 Å². The third-order valence-electron chi connectivity index (χ3n) is 3.54. The molecule has 2 amide bonds. The summed E-state index contributed by atoms with van der Waals surface area (Å²) in [4.78, 5) is 15.9. The molecule has 0 radical (unpaired) electrons. The van der Waals surface area contributed by atoms with Crippen molar-refractivity contribution in [3.63, 3.8) is 0 Å². The maximum Gasteiger partial charge on any atom is 0.317 e. The van der Waals surface area contributed by atoms with Crippen LogP contribution in [0.5, 0.6) is 0 Å². The zero-order valence-electron chi connectivity index (χ0n) is 12.4. The number of hydrogen-bond acceptors (Lipinski definition) is 2. The summed E-state index contributed by atoms with van der Waals surface area (Å²) in [6, 6.07) is 0.111. The third kappa shape index (κ3) is 5.71. The highest BCUT2D eigenvalue weighted by Crippen LogP contribution is 2.23. The van der Waals surface area contributed by atoms with Crippen LogP contribution >= 0.6 is 0 Å². The third-order valence-corrected chi connectivity index (χ3v) is 3.54. The van der Waals surface area contributed by atoms with Crippen LogP contribution in [0.3, 0.4) is 0 Å². The number of carbonyl (C=O) groups is 1. The summed E-state index contributed by atoms with van der Waals surface area (Å²) in [5, 5.41) is 2.98. The fourth-order valence-electron chi connectivity index (χ4n) is 2.54. The van der Waals surface area contributed by atoms with Gasteiger partial charge in [0.1, 0.15) is 0 Å². The van der Waals surface area contributed by atoms with Crippen molar-refractivity contribution in [1.29, 1.82) is 0 Å². The van der Waals surface area contributed by atoms with Crippen molar-refractivity contribution >= 4 is 6.03 Å². The maximum atomic E-state index is 11.9. The molecule has 0 aromatic carbocycles. The molecule has 1 aliphatic rings. The molecule has 0 aromatic heterocycles. The molecule has 4 heteroatoms. The number of nitrogens with zero attached hydrogens (tertiary/aromatic N) is 2. The van der Waals surface area contributed by atoms with E-state index in [1.807, 2.05) is 19.0 Å². The summed E-state index contributed by atoms with van der Waals surface area (Å²) in [5.41, 5.74) is 0. The molecule has 1 saturated heterocycles. The molecule has 1 rings (SSSR count). The van der Waals surface area contributed by atoms with Gasteiger partial charge in [0.05, 0.1) is 0 Å². The van der Waals surface area contributed by atoms with Gasteiger partial charge in [0, 0.05) is 26.2 Å². The molecule has 0 unspecified atom stereocenters. The van der Waals surface area contributed by atoms with Gasteiger partial charge >= 0.3 is 6.03 Å². The van der Waals surface area contributed by atoms with Crippen LogP contribution in [0.4, 0.5) is 4.79 Å². The van der Waals surface area contributed by atoms with E-state index in [9.17, 15) is 4.79 Å². The first-order valence-corrected chi connectivity index (χ1v) is 7.16. The maximum absolute atomic E-state index is 11.9. The number of urea groups is 1. The van der Waals surface area contributed by atoms with E-state index in [1.165, 1.54) is 19.3 Å². The Kier molecular flexibility index (Phi) is 6.47. The van der Waals surface area contributed by atoms with Crippen molar-refractivity contribution in [2.45, 2.75) is 33.1 Å². The molecule has 0 bridgehead atoms. The van der Waals surface area contributed by atoms with Gasteiger partial charge in [0.25, 0.3) is 0 Å². The van der Waals surface area contributed by atoms with E-state index < -0.39 is 0 Å². The molecule has 106 valence electrons. The summed E-state index contributed by atoms with van der Waals surface area (Å²) < 4.78 is 0. The predicted octanol–water partition coefficient (Wildman–Crippen LogP) is 2.02. The van der Waals surface area contributed by atoms with Crippen molar-refractivity contribution < 1.29 is 4.79 Å². The Balaban J connectivity index is 2.19. The Hall–Kier alpha value is -0.770. The molecule has 1 N–H and O–H groups in total. The number of carbonyl (C=O) groups excluding carboxylic acids is 1. The topological polar surface area (TPSA) is 35.6 Å². The smallest absolute Gasteiger partial charge is 0.317 e. The van der Waals surface area contributed by atoms with Gasteiger partial charge in [-0.25, -0.2) is 4.79 Å². The quantitative estimate of drug-likeness (QED) is 0.816. The van der Waals surface area contributed by atoms with Crippen molar-refractivity contribution in [2.24, 2.45) is 11.8 Å². The first-order chi connectivity index (χ1) is 8.49. The molecule has 1 aliphatic heterocycles. The average molecular weight is 255 g/mol. The summed E-state index contributed by atoms with van der Waals surface area (Å²) in [7, 11) is 4.03. The van der Waals surface area contributed by atoms with Crippen LogP contribution in [0, 0.1) is 11.8 Å². The minimum Gasteiger partial charge on any atom is -0.337 e. The number of likely N-dealkylation sites (tertiary alicyclic amines) is 1. The highest BCUT2D eigenvalue weighted by molar-refractivity contribution is 5.74. The summed E-state index contributed by atoms with van der Waals surface area (Å²) in [6.07, 6.45) is 3.63. The first kappa shape index (κ1) is 15.3. The van der Waals surface area contributed by atoms with E-state index in [0.29, 0.717) is 0 Å². The second kappa shape index (κ2) is 7.62. The lowest BCUT2D eigenvalue weighted by molar-refractivity contribution is 0.163. The fraction of sp³-hybridized carbons (Fsp3) is 0.929. The molecular weight excluding hydrogens is 226 g/mol. The summed E-state index contributed by atoms with van der Waals surface area (Å²) >= 11 is 0. The number of amides is 2. The lowest BCUT2D eigenvalue weighted by atomic mass is 9.89. The largest absolute Gasteiger partial charge is 0.337 e. The Morgan fingerprint density at radius 3 is 2.44 bits per heavy atom. The van der Waals surface area contributed by atoms with Gasteiger partial charge in [-0.15, -0.1) is 0 Å². The number of rotatable bonds is 5. The summed E-state index contributed by atoms with van der Waals surface area (Å²) in [6.45, 7) is 8.03. The second-order valence-electron chi connectivity index (χ2n) is 6.10. The number of piperidine rings is 1. The highest BCUT2D eigenvalue weighted by Gasteiger charge is 2.22. The summed E-state index contributed by atoms with van der Waals surface area (Å²) in [5.74, 6) is 1.59. The van der Waals surface area contributed by atoms with Crippen molar-refractivity contribution in [3.8, 4) is 0 Å². The minimum atomic E-state index is 0.111. The van der Waals surface area contributed by atoms with E-state index in [1.54, 1.807) is 0 Å². The van der Waals surface area contributed by atoms with Crippen molar-refractivity contribution in [2.75, 3.05) is 40.3 Å². The monoisotopic (exact) mass is 255 g/mol. The lowest BCUT2D eigenvalue weighted by Gasteiger charge is -2.32. The van der Waals surface area contributed by atoms with Gasteiger partial charge in [-0.2, -0.15) is 0 Å². The van der Waals surface area contributed by atoms with Crippen molar-refractivity contribution in [1.82, 2.24) is 15.1 Å². The van der Waals surface area contributed by atoms with Gasteiger partial charge < -0.3 is 15.1 Å². The SMILES string of the molecule is CC(C)CC1CCN(C(=O)NCCN(C)C)CC1. The van der Waals surface area contributed by atoms with Gasteiger partial charge in [-0.05, 0) is 45.2 Å². The van der Waals surface area contributed by atoms with E-state index in [4.69, 9.17) is 0 Å². The Morgan fingerprint density at radius 1 is 1.33 bits per heavy atom. The number of likely N-dealkylation sites (N-methyl/N-ethyl adjacent to an activating group) is 1. The van der Waals surface area contributed by atoms with E-state index in [-0.39, 0.29) is 6.03 Å². The minimum absolute atomic E-state index is 0.111. The fourth-order valence-corrected chi connectivity index (χ4v) is 2.54. The van der Waals surface area contributed by atoms with Gasteiger partial charge in [-0.3, -0.25) is 0 Å². The van der Waals surface area contributed by atoms with E-state index in [0.717, 1.165) is 38.0 Å². The van der Waals surface area contributed by atoms with E-state index >= 15 is 0 Å².